The zero-order chi connectivity index (χ0) is 29.9. The Kier molecular flexibility index (Phi) is 8.63. The number of ether oxygens (including phenoxy) is 2. The minimum absolute atomic E-state index is 0.0556. The number of fused-ring (bicyclic) bond motifs is 5. The number of alkyl carbamates (subject to hydrolysis) is 2. The van der Waals surface area contributed by atoms with Crippen LogP contribution in [0.1, 0.15) is 64.0 Å². The molecule has 2 aromatic carbocycles. The van der Waals surface area contributed by atoms with Crippen molar-refractivity contribution in [1.82, 2.24) is 20.5 Å². The van der Waals surface area contributed by atoms with E-state index in [-0.39, 0.29) is 25.4 Å². The number of hydrogen-bond acceptors (Lipinski definition) is 6. The highest BCUT2D eigenvalue weighted by Gasteiger charge is 2.32. The van der Waals surface area contributed by atoms with Crippen molar-refractivity contribution in [2.45, 2.75) is 77.9 Å². The fourth-order valence-corrected chi connectivity index (χ4v) is 4.91. The summed E-state index contributed by atoms with van der Waals surface area (Å²) in [6.07, 6.45) is -2.29. The fraction of sp³-hybridized carbons (Fsp3) is 0.452. The van der Waals surface area contributed by atoms with Gasteiger partial charge in [0.25, 0.3) is 5.91 Å². The molecule has 10 heteroatoms. The van der Waals surface area contributed by atoms with Crippen LogP contribution in [0.3, 0.4) is 0 Å². The van der Waals surface area contributed by atoms with Crippen LogP contribution in [0.25, 0.3) is 22.0 Å². The van der Waals surface area contributed by atoms with Gasteiger partial charge in [0.05, 0.1) is 12.1 Å². The summed E-state index contributed by atoms with van der Waals surface area (Å²) in [4.78, 5) is 43.8. The van der Waals surface area contributed by atoms with Gasteiger partial charge < -0.3 is 35.1 Å². The van der Waals surface area contributed by atoms with Crippen LogP contribution in [0.2, 0.25) is 0 Å². The minimum atomic E-state index is -1.03. The molecule has 10 nitrogen and oxygen atoms in total. The Balaban J connectivity index is 1.58. The van der Waals surface area contributed by atoms with Gasteiger partial charge in [-0.05, 0) is 65.2 Å². The Morgan fingerprint density at radius 1 is 0.976 bits per heavy atom. The zero-order valence-electron chi connectivity index (χ0n) is 24.5. The highest BCUT2D eigenvalue weighted by atomic mass is 16.6. The molecule has 0 radical (unpaired) electrons. The molecule has 0 fully saturated rings. The Labute approximate surface area is 240 Å². The largest absolute Gasteiger partial charge is 0.444 e. The lowest BCUT2D eigenvalue weighted by atomic mass is 9.98. The van der Waals surface area contributed by atoms with Crippen molar-refractivity contribution in [3.8, 4) is 11.1 Å². The van der Waals surface area contributed by atoms with Crippen molar-refractivity contribution in [1.29, 1.82) is 0 Å². The van der Waals surface area contributed by atoms with Crippen LogP contribution in [0, 0.1) is 0 Å². The van der Waals surface area contributed by atoms with Crippen LogP contribution in [-0.2, 0) is 16.0 Å². The van der Waals surface area contributed by atoms with Crippen molar-refractivity contribution in [2.75, 3.05) is 13.1 Å². The first-order valence-electron chi connectivity index (χ1n) is 13.8. The molecule has 2 atom stereocenters. The van der Waals surface area contributed by atoms with E-state index in [0.29, 0.717) is 12.2 Å². The Morgan fingerprint density at radius 3 is 2.32 bits per heavy atom. The number of hydrogen-bond donors (Lipinski definition) is 4. The topological polar surface area (TPSA) is 133 Å². The average Bonchev–Trinajstić information content (AvgIpc) is 3.19. The molecule has 41 heavy (non-hydrogen) atoms. The average molecular weight is 565 g/mol. The van der Waals surface area contributed by atoms with E-state index < -0.39 is 35.5 Å². The summed E-state index contributed by atoms with van der Waals surface area (Å²) >= 11 is 0. The predicted molar refractivity (Wildman–Crippen MR) is 156 cm³/mol. The third-order valence-corrected chi connectivity index (χ3v) is 6.45. The highest BCUT2D eigenvalue weighted by molar-refractivity contribution is 6.11. The minimum Gasteiger partial charge on any atom is -0.444 e. The third-order valence-electron chi connectivity index (χ3n) is 6.45. The van der Waals surface area contributed by atoms with Crippen LogP contribution >= 0.6 is 0 Å². The molecule has 1 aliphatic heterocycles. The van der Waals surface area contributed by atoms with Gasteiger partial charge in [0.15, 0.2) is 0 Å². The molecule has 0 bridgehead atoms. The number of nitrogens with zero attached hydrogens (tertiary/aromatic N) is 1. The second-order valence-electron chi connectivity index (χ2n) is 12.4. The van der Waals surface area contributed by atoms with E-state index in [1.54, 1.807) is 46.4 Å². The monoisotopic (exact) mass is 564 g/mol. The second kappa shape index (κ2) is 11.8. The van der Waals surface area contributed by atoms with E-state index in [0.717, 1.165) is 27.6 Å². The zero-order valence-corrected chi connectivity index (χ0v) is 24.5. The number of aromatic amines is 1. The second-order valence-corrected chi connectivity index (χ2v) is 12.4. The number of carbonyl (C=O) groups is 3. The number of benzene rings is 2. The Morgan fingerprint density at radius 2 is 1.61 bits per heavy atom. The van der Waals surface area contributed by atoms with Gasteiger partial charge in [-0.25, -0.2) is 9.59 Å². The van der Waals surface area contributed by atoms with Crippen molar-refractivity contribution >= 4 is 29.0 Å². The smallest absolute Gasteiger partial charge is 0.407 e. The lowest BCUT2D eigenvalue weighted by Crippen LogP contribution is -2.49. The van der Waals surface area contributed by atoms with Gasteiger partial charge in [-0.2, -0.15) is 0 Å². The summed E-state index contributed by atoms with van der Waals surface area (Å²) in [7, 11) is 0. The first kappa shape index (κ1) is 29.9. The first-order chi connectivity index (χ1) is 19.2. The van der Waals surface area contributed by atoms with Crippen molar-refractivity contribution in [3.63, 3.8) is 0 Å². The van der Waals surface area contributed by atoms with Crippen LogP contribution < -0.4 is 10.6 Å². The molecular formula is C31H40N4O6. The molecule has 4 rings (SSSR count). The van der Waals surface area contributed by atoms with E-state index in [9.17, 15) is 19.5 Å². The van der Waals surface area contributed by atoms with E-state index in [1.165, 1.54) is 0 Å². The van der Waals surface area contributed by atoms with Crippen molar-refractivity contribution < 1.29 is 29.0 Å². The molecule has 0 spiro atoms. The summed E-state index contributed by atoms with van der Waals surface area (Å²) in [5, 5.41) is 17.1. The number of aliphatic hydroxyl groups excluding tert-OH is 1. The maximum Gasteiger partial charge on any atom is 0.407 e. The standard InChI is InChI=1S/C31H40N4O6/c1-30(2,3)40-28(38)32-16-21(36)15-20(33-29(39)41-31(4,5)6)18-35-17-19-11-7-8-12-22(19)25-23-13-9-10-14-24(23)34-26(25)27(35)37/h7-14,20-21,34,36H,15-18H2,1-6H3,(H,32,38)(H,33,39)/t20-,21?/m0/s1. The number of nitrogens with one attached hydrogen (secondary N) is 3. The van der Waals surface area contributed by atoms with Gasteiger partial charge in [-0.1, -0.05) is 42.5 Å². The van der Waals surface area contributed by atoms with Crippen molar-refractivity contribution in [2.24, 2.45) is 0 Å². The molecule has 2 heterocycles. The quantitative estimate of drug-likeness (QED) is 0.321. The summed E-state index contributed by atoms with van der Waals surface area (Å²) < 4.78 is 10.7. The number of H-pyrrole nitrogens is 1. The SMILES string of the molecule is CC(C)(C)OC(=O)NCC(O)C[C@@H](CN1Cc2ccccc2-c2c([nH]c3ccccc23)C1=O)NC(=O)OC(C)(C)C. The number of rotatable bonds is 7. The molecule has 4 N–H and O–H groups in total. The summed E-state index contributed by atoms with van der Waals surface area (Å²) in [6, 6.07) is 15.0. The van der Waals surface area contributed by atoms with E-state index in [4.69, 9.17) is 9.47 Å². The summed E-state index contributed by atoms with van der Waals surface area (Å²) in [5.74, 6) is -0.218. The Bertz CT molecular complexity index is 1420. The lowest BCUT2D eigenvalue weighted by Gasteiger charge is -2.30. The first-order valence-corrected chi connectivity index (χ1v) is 13.8. The normalized spacial score (nSPS) is 14.9. The van der Waals surface area contributed by atoms with E-state index >= 15 is 0 Å². The molecule has 1 aromatic heterocycles. The molecule has 1 aliphatic rings. The van der Waals surface area contributed by atoms with Gasteiger partial charge in [0.2, 0.25) is 0 Å². The number of para-hydroxylation sites is 1. The van der Waals surface area contributed by atoms with Crippen LogP contribution in [0.4, 0.5) is 9.59 Å². The van der Waals surface area contributed by atoms with Gasteiger partial charge >= 0.3 is 12.2 Å². The molecule has 3 aromatic rings. The summed E-state index contributed by atoms with van der Waals surface area (Å²) in [6.45, 7) is 10.8. The van der Waals surface area contributed by atoms with Crippen LogP contribution in [-0.4, -0.2) is 69.5 Å². The van der Waals surface area contributed by atoms with Gasteiger partial charge in [-0.15, -0.1) is 0 Å². The number of carbonyl (C=O) groups excluding carboxylic acids is 3. The van der Waals surface area contributed by atoms with Gasteiger partial charge in [0, 0.05) is 36.1 Å². The maximum atomic E-state index is 14.0. The van der Waals surface area contributed by atoms with E-state index in [1.807, 2.05) is 48.5 Å². The third kappa shape index (κ3) is 7.79. The van der Waals surface area contributed by atoms with Crippen molar-refractivity contribution in [3.05, 3.63) is 59.8 Å². The number of aliphatic hydroxyl groups is 1. The molecule has 0 saturated heterocycles. The van der Waals surface area contributed by atoms with Crippen LogP contribution in [0.5, 0.6) is 0 Å². The highest BCUT2D eigenvalue weighted by Crippen LogP contribution is 2.38. The molecular weight excluding hydrogens is 524 g/mol. The molecule has 3 amide bonds. The predicted octanol–water partition coefficient (Wildman–Crippen LogP) is 4.96. The van der Waals surface area contributed by atoms with E-state index in [2.05, 4.69) is 15.6 Å². The molecule has 0 aliphatic carbocycles. The molecule has 1 unspecified atom stereocenters. The van der Waals surface area contributed by atoms with Gasteiger partial charge in [0.1, 0.15) is 16.9 Å². The number of amides is 3. The fourth-order valence-electron chi connectivity index (χ4n) is 4.91. The number of aromatic nitrogens is 1. The maximum absolute atomic E-state index is 14.0. The van der Waals surface area contributed by atoms with Gasteiger partial charge in [-0.3, -0.25) is 4.79 Å². The Hall–Kier alpha value is -4.05. The molecule has 0 saturated carbocycles. The molecule has 220 valence electrons. The lowest BCUT2D eigenvalue weighted by molar-refractivity contribution is 0.0412. The summed E-state index contributed by atoms with van der Waals surface area (Å²) in [5.41, 5.74) is 2.69. The van der Waals surface area contributed by atoms with Crippen LogP contribution in [0.15, 0.2) is 48.5 Å².